The van der Waals surface area contributed by atoms with Crippen LogP contribution in [0.1, 0.15) is 57.9 Å². The Morgan fingerprint density at radius 1 is 1.02 bits per heavy atom. The number of hydrogen-bond acceptors (Lipinski definition) is 7. The van der Waals surface area contributed by atoms with Crippen molar-refractivity contribution in [2.45, 2.75) is 46.5 Å². The fraction of sp³-hybridized carbons (Fsp3) is 0.265. The summed E-state index contributed by atoms with van der Waals surface area (Å²) < 4.78 is 43.8. The molecule has 1 saturated heterocycles. The van der Waals surface area contributed by atoms with Crippen LogP contribution in [0.25, 0.3) is 11.3 Å². The maximum absolute atomic E-state index is 13.2. The molecule has 1 fully saturated rings. The number of hydrogen-bond donors (Lipinski definition) is 0. The monoisotopic (exact) mass is 660 g/mol. The molecule has 0 saturated carbocycles. The number of benzene rings is 3. The highest BCUT2D eigenvalue weighted by atomic mass is 32.2. The molecule has 0 atom stereocenters. The van der Waals surface area contributed by atoms with Gasteiger partial charge in [0.2, 0.25) is 5.91 Å². The molecule has 3 heterocycles. The Balaban J connectivity index is 1.20. The van der Waals surface area contributed by atoms with Crippen LogP contribution in [-0.2, 0) is 18.4 Å². The third-order valence-electron chi connectivity index (χ3n) is 7.97. The number of rotatable bonds is 7. The molecule has 6 rings (SSSR count). The SMILES string of the molecule is Cc1ccc(C(C)C)c(N2C(=O)CS/C2=N\N=C\c2ccc(-c3nn(C)c(N4Cc5cc(OC(F)(F)F)ccc5C4=O)c3C)cc2)c1. The Morgan fingerprint density at radius 3 is 2.47 bits per heavy atom. The van der Waals surface area contributed by atoms with Gasteiger partial charge in [-0.05, 0) is 66.3 Å². The van der Waals surface area contributed by atoms with E-state index in [1.165, 1.54) is 28.8 Å². The summed E-state index contributed by atoms with van der Waals surface area (Å²) in [5, 5.41) is 13.9. The van der Waals surface area contributed by atoms with Crippen LogP contribution in [-0.4, -0.2) is 45.1 Å². The topological polar surface area (TPSA) is 92.4 Å². The van der Waals surface area contributed by atoms with Crippen LogP contribution in [0.5, 0.6) is 5.75 Å². The molecule has 3 aromatic carbocycles. The van der Waals surface area contributed by atoms with Crippen molar-refractivity contribution in [1.82, 2.24) is 9.78 Å². The molecule has 0 unspecified atom stereocenters. The molecule has 0 N–H and O–H groups in total. The van der Waals surface area contributed by atoms with Crippen molar-refractivity contribution in [3.8, 4) is 17.0 Å². The van der Waals surface area contributed by atoms with E-state index in [1.54, 1.807) is 22.8 Å². The molecular formula is C34H31F3N6O3S. The number of halogens is 3. The van der Waals surface area contributed by atoms with Crippen LogP contribution in [0.15, 0.2) is 70.9 Å². The van der Waals surface area contributed by atoms with Crippen LogP contribution in [0.4, 0.5) is 24.7 Å². The third kappa shape index (κ3) is 6.39. The van der Waals surface area contributed by atoms with Crippen LogP contribution in [0, 0.1) is 13.8 Å². The fourth-order valence-electron chi connectivity index (χ4n) is 5.82. The number of carbonyl (C=O) groups is 2. The number of fused-ring (bicyclic) bond motifs is 1. The maximum atomic E-state index is 13.2. The van der Waals surface area contributed by atoms with Crippen molar-refractivity contribution >= 4 is 46.5 Å². The number of nitrogens with zero attached hydrogens (tertiary/aromatic N) is 6. The molecule has 0 radical (unpaired) electrons. The standard InChI is InChI=1S/C34H31F3N6O3S/c1-19(2)26-12-6-20(3)14-28(26)43-29(44)18-47-33(43)39-38-16-22-7-9-23(10-8-22)30-21(4)31(41(5)40-30)42-17-24-15-25(46-34(35,36)37)11-13-27(24)32(42)45/h6-16,19H,17-18H2,1-5H3/b38-16+,39-33-. The minimum atomic E-state index is -4.82. The predicted octanol–water partition coefficient (Wildman–Crippen LogP) is 7.36. The third-order valence-corrected chi connectivity index (χ3v) is 8.88. The van der Waals surface area contributed by atoms with E-state index in [4.69, 9.17) is 0 Å². The number of amidine groups is 1. The molecule has 0 spiro atoms. The highest BCUT2D eigenvalue weighted by Gasteiger charge is 2.36. The van der Waals surface area contributed by atoms with Crippen LogP contribution < -0.4 is 14.5 Å². The lowest BCUT2D eigenvalue weighted by molar-refractivity contribution is -0.274. The van der Waals surface area contributed by atoms with E-state index in [0.29, 0.717) is 33.6 Å². The molecule has 2 aliphatic rings. The van der Waals surface area contributed by atoms with Crippen LogP contribution in [0.3, 0.4) is 0 Å². The van der Waals surface area contributed by atoms with E-state index in [0.717, 1.165) is 39.6 Å². The van der Waals surface area contributed by atoms with E-state index >= 15 is 0 Å². The zero-order chi connectivity index (χ0) is 33.6. The van der Waals surface area contributed by atoms with Crippen molar-refractivity contribution in [1.29, 1.82) is 0 Å². The molecule has 2 amide bonds. The van der Waals surface area contributed by atoms with Gasteiger partial charge >= 0.3 is 6.36 Å². The normalized spacial score (nSPS) is 16.0. The van der Waals surface area contributed by atoms with Gasteiger partial charge in [-0.3, -0.25) is 24.1 Å². The van der Waals surface area contributed by atoms with Gasteiger partial charge in [0.25, 0.3) is 5.91 Å². The van der Waals surface area contributed by atoms with Crippen molar-refractivity contribution < 1.29 is 27.5 Å². The average molecular weight is 661 g/mol. The molecule has 4 aromatic rings. The fourth-order valence-corrected chi connectivity index (χ4v) is 6.63. The number of carbonyl (C=O) groups excluding carboxylic acids is 2. The molecule has 47 heavy (non-hydrogen) atoms. The first-order valence-electron chi connectivity index (χ1n) is 14.8. The molecule has 242 valence electrons. The van der Waals surface area contributed by atoms with Gasteiger partial charge in [0, 0.05) is 23.7 Å². The predicted molar refractivity (Wildman–Crippen MR) is 177 cm³/mol. The van der Waals surface area contributed by atoms with Crippen molar-refractivity contribution in [2.75, 3.05) is 15.6 Å². The molecule has 13 heteroatoms. The average Bonchev–Trinajstić information content (AvgIpc) is 3.63. The lowest BCUT2D eigenvalue weighted by atomic mass is 9.99. The lowest BCUT2D eigenvalue weighted by Crippen LogP contribution is -2.30. The zero-order valence-electron chi connectivity index (χ0n) is 26.3. The summed E-state index contributed by atoms with van der Waals surface area (Å²) in [6.07, 6.45) is -3.21. The first-order chi connectivity index (χ1) is 22.3. The summed E-state index contributed by atoms with van der Waals surface area (Å²) in [5.74, 6) is 0.334. The number of ether oxygens (including phenoxy) is 1. The second kappa shape index (κ2) is 12.4. The Hall–Kier alpha value is -4.91. The number of aryl methyl sites for hydroxylation is 2. The first-order valence-corrected chi connectivity index (χ1v) is 15.8. The Kier molecular flexibility index (Phi) is 8.43. The molecule has 9 nitrogen and oxygen atoms in total. The second-order valence-corrected chi connectivity index (χ2v) is 12.6. The Morgan fingerprint density at radius 2 is 1.77 bits per heavy atom. The van der Waals surface area contributed by atoms with E-state index in [-0.39, 0.29) is 30.0 Å². The van der Waals surface area contributed by atoms with E-state index < -0.39 is 6.36 Å². The molecule has 0 bridgehead atoms. The van der Waals surface area contributed by atoms with Gasteiger partial charge in [-0.15, -0.1) is 18.3 Å². The molecule has 2 aliphatic heterocycles. The summed E-state index contributed by atoms with van der Waals surface area (Å²) in [6, 6.07) is 17.3. The quantitative estimate of drug-likeness (QED) is 0.153. The maximum Gasteiger partial charge on any atom is 0.573 e. The Labute approximate surface area is 273 Å². The second-order valence-electron chi connectivity index (χ2n) is 11.7. The Bertz CT molecular complexity index is 1950. The first kappa shape index (κ1) is 32.0. The molecular weight excluding hydrogens is 629 g/mol. The highest BCUT2D eigenvalue weighted by molar-refractivity contribution is 8.15. The summed E-state index contributed by atoms with van der Waals surface area (Å²) >= 11 is 1.35. The largest absolute Gasteiger partial charge is 0.573 e. The van der Waals surface area contributed by atoms with Crippen molar-refractivity contribution in [2.24, 2.45) is 17.3 Å². The van der Waals surface area contributed by atoms with Gasteiger partial charge in [-0.25, -0.2) is 0 Å². The number of anilines is 2. The summed E-state index contributed by atoms with van der Waals surface area (Å²) in [7, 11) is 1.72. The smallest absolute Gasteiger partial charge is 0.406 e. The van der Waals surface area contributed by atoms with Gasteiger partial charge < -0.3 is 4.74 Å². The van der Waals surface area contributed by atoms with Gasteiger partial charge in [0.1, 0.15) is 11.6 Å². The summed E-state index contributed by atoms with van der Waals surface area (Å²) in [6.45, 7) is 8.12. The lowest BCUT2D eigenvalue weighted by Gasteiger charge is -2.21. The van der Waals surface area contributed by atoms with E-state index in [9.17, 15) is 22.8 Å². The van der Waals surface area contributed by atoms with Gasteiger partial charge in [0.05, 0.1) is 29.9 Å². The number of aromatic nitrogens is 2. The van der Waals surface area contributed by atoms with Crippen LogP contribution >= 0.6 is 11.8 Å². The summed E-state index contributed by atoms with van der Waals surface area (Å²) in [5.41, 5.74) is 6.70. The molecule has 0 aliphatic carbocycles. The van der Waals surface area contributed by atoms with E-state index in [1.807, 2.05) is 50.2 Å². The zero-order valence-corrected chi connectivity index (χ0v) is 27.1. The minimum Gasteiger partial charge on any atom is -0.406 e. The molecule has 1 aromatic heterocycles. The van der Waals surface area contributed by atoms with Crippen molar-refractivity contribution in [3.63, 3.8) is 0 Å². The minimum absolute atomic E-state index is 0.0364. The van der Waals surface area contributed by atoms with Gasteiger partial charge in [-0.1, -0.05) is 62.0 Å². The number of alkyl halides is 3. The number of thioether (sulfide) groups is 1. The highest BCUT2D eigenvalue weighted by Crippen LogP contribution is 2.37. The van der Waals surface area contributed by atoms with Gasteiger partial charge in [-0.2, -0.15) is 10.2 Å². The number of amides is 2. The van der Waals surface area contributed by atoms with E-state index in [2.05, 4.69) is 40.0 Å². The van der Waals surface area contributed by atoms with Gasteiger partial charge in [0.15, 0.2) is 5.17 Å². The van der Waals surface area contributed by atoms with Crippen LogP contribution in [0.2, 0.25) is 0 Å². The summed E-state index contributed by atoms with van der Waals surface area (Å²) in [4.78, 5) is 29.2. The van der Waals surface area contributed by atoms with Crippen molar-refractivity contribution in [3.05, 3.63) is 94.0 Å².